The summed E-state index contributed by atoms with van der Waals surface area (Å²) in [6.07, 6.45) is 0. The third kappa shape index (κ3) is 3.77. The summed E-state index contributed by atoms with van der Waals surface area (Å²) in [7, 11) is 0. The second-order valence-electron chi connectivity index (χ2n) is 5.96. The molecule has 26 heavy (non-hydrogen) atoms. The monoisotopic (exact) mass is 358 g/mol. The van der Waals surface area contributed by atoms with Crippen molar-refractivity contribution in [2.24, 2.45) is 0 Å². The fourth-order valence-corrected chi connectivity index (χ4v) is 2.34. The van der Waals surface area contributed by atoms with Gasteiger partial charge in [0.15, 0.2) is 6.61 Å². The number of hydrogen-bond acceptors (Lipinski definition) is 5. The van der Waals surface area contributed by atoms with Crippen LogP contribution in [0.15, 0.2) is 47.0 Å². The van der Waals surface area contributed by atoms with Crippen molar-refractivity contribution >= 4 is 5.97 Å². The van der Waals surface area contributed by atoms with Crippen molar-refractivity contribution < 1.29 is 22.8 Å². The van der Waals surface area contributed by atoms with Crippen molar-refractivity contribution in [2.45, 2.75) is 26.4 Å². The van der Waals surface area contributed by atoms with Crippen molar-refractivity contribution in [3.8, 4) is 11.4 Å². The van der Waals surface area contributed by atoms with Gasteiger partial charge >= 0.3 is 5.97 Å². The highest BCUT2D eigenvalue weighted by Crippen LogP contribution is 2.21. The van der Waals surface area contributed by atoms with E-state index in [1.54, 1.807) is 0 Å². The van der Waals surface area contributed by atoms with Crippen molar-refractivity contribution in [1.29, 1.82) is 0 Å². The molecule has 0 aliphatic rings. The molecule has 0 fully saturated rings. The Morgan fingerprint density at radius 2 is 1.77 bits per heavy atom. The van der Waals surface area contributed by atoms with Crippen LogP contribution in [0.25, 0.3) is 11.4 Å². The van der Waals surface area contributed by atoms with Gasteiger partial charge < -0.3 is 9.26 Å². The molecule has 134 valence electrons. The molecule has 1 heterocycles. The molecular weight excluding hydrogens is 342 g/mol. The number of carbonyl (C=O) groups excluding carboxylic acids is 1. The van der Waals surface area contributed by atoms with Crippen LogP contribution in [0.1, 0.15) is 41.6 Å². The summed E-state index contributed by atoms with van der Waals surface area (Å²) in [4.78, 5) is 16.0. The average Bonchev–Trinajstić information content (AvgIpc) is 3.09. The Morgan fingerprint density at radius 3 is 2.38 bits per heavy atom. The Morgan fingerprint density at radius 1 is 1.12 bits per heavy atom. The zero-order valence-electron chi connectivity index (χ0n) is 14.2. The highest BCUT2D eigenvalue weighted by molar-refractivity contribution is 5.89. The number of halogens is 2. The van der Waals surface area contributed by atoms with Crippen LogP contribution < -0.4 is 0 Å². The minimum absolute atomic E-state index is 0.0260. The maximum Gasteiger partial charge on any atom is 0.344 e. The number of benzene rings is 2. The Balaban J connectivity index is 1.68. The molecule has 0 aliphatic carbocycles. The van der Waals surface area contributed by atoms with Crippen molar-refractivity contribution in [3.05, 3.63) is 71.1 Å². The lowest BCUT2D eigenvalue weighted by molar-refractivity contribution is 0.0418. The van der Waals surface area contributed by atoms with E-state index in [0.717, 1.165) is 23.8 Å². The summed E-state index contributed by atoms with van der Waals surface area (Å²) in [6, 6.07) is 10.8. The highest BCUT2D eigenvalue weighted by atomic mass is 19.1. The summed E-state index contributed by atoms with van der Waals surface area (Å²) in [6.45, 7) is 3.80. The van der Waals surface area contributed by atoms with Gasteiger partial charge in [-0.3, -0.25) is 0 Å². The number of esters is 1. The number of carbonyl (C=O) groups is 1. The van der Waals surface area contributed by atoms with Crippen molar-refractivity contribution in [1.82, 2.24) is 10.1 Å². The van der Waals surface area contributed by atoms with E-state index in [2.05, 4.69) is 24.0 Å². The zero-order valence-corrected chi connectivity index (χ0v) is 14.2. The maximum atomic E-state index is 13.5. The fourth-order valence-electron chi connectivity index (χ4n) is 2.34. The smallest absolute Gasteiger partial charge is 0.344 e. The van der Waals surface area contributed by atoms with Gasteiger partial charge in [-0.25, -0.2) is 13.6 Å². The first-order valence-electron chi connectivity index (χ1n) is 7.99. The molecule has 0 saturated heterocycles. The molecule has 0 bridgehead atoms. The van der Waals surface area contributed by atoms with Gasteiger partial charge in [-0.2, -0.15) is 4.98 Å². The van der Waals surface area contributed by atoms with Crippen LogP contribution >= 0.6 is 0 Å². The lowest BCUT2D eigenvalue weighted by Gasteiger charge is -2.04. The molecule has 0 amide bonds. The van der Waals surface area contributed by atoms with E-state index < -0.39 is 23.2 Å². The molecule has 0 radical (unpaired) electrons. The third-order valence-corrected chi connectivity index (χ3v) is 3.80. The van der Waals surface area contributed by atoms with Crippen molar-refractivity contribution in [2.75, 3.05) is 0 Å². The van der Waals surface area contributed by atoms with Gasteiger partial charge in [-0.1, -0.05) is 49.3 Å². The summed E-state index contributed by atoms with van der Waals surface area (Å²) >= 11 is 0. The van der Waals surface area contributed by atoms with E-state index in [-0.39, 0.29) is 12.5 Å². The molecule has 0 atom stereocenters. The molecule has 1 aromatic heterocycles. The molecule has 0 N–H and O–H groups in total. The lowest BCUT2D eigenvalue weighted by Crippen LogP contribution is -2.10. The van der Waals surface area contributed by atoms with Gasteiger partial charge in [-0.15, -0.1) is 0 Å². The molecule has 0 aliphatic heterocycles. The quantitative estimate of drug-likeness (QED) is 0.629. The molecule has 5 nitrogen and oxygen atoms in total. The van der Waals surface area contributed by atoms with E-state index in [9.17, 15) is 13.6 Å². The Kier molecular flexibility index (Phi) is 5.06. The Labute approximate surface area is 148 Å². The molecule has 0 saturated carbocycles. The normalized spacial score (nSPS) is 11.0. The van der Waals surface area contributed by atoms with Gasteiger partial charge in [-0.05, 0) is 23.6 Å². The third-order valence-electron chi connectivity index (χ3n) is 3.80. The first-order valence-corrected chi connectivity index (χ1v) is 7.99. The summed E-state index contributed by atoms with van der Waals surface area (Å²) < 4.78 is 37.0. The Hall–Kier alpha value is -3.09. The predicted octanol–water partition coefficient (Wildman–Crippen LogP) is 4.50. The second kappa shape index (κ2) is 7.43. The summed E-state index contributed by atoms with van der Waals surface area (Å²) in [5.41, 5.74) is 1.17. The van der Waals surface area contributed by atoms with E-state index >= 15 is 0 Å². The van der Waals surface area contributed by atoms with Crippen LogP contribution in [0.3, 0.4) is 0 Å². The maximum absolute atomic E-state index is 13.5. The van der Waals surface area contributed by atoms with Crippen LogP contribution in [0.4, 0.5) is 8.78 Å². The van der Waals surface area contributed by atoms with Gasteiger partial charge in [0.2, 0.25) is 5.82 Å². The van der Waals surface area contributed by atoms with Crippen LogP contribution in [0, 0.1) is 11.6 Å². The summed E-state index contributed by atoms with van der Waals surface area (Å²) in [5.74, 6) is -2.36. The minimum atomic E-state index is -1.14. The van der Waals surface area contributed by atoms with E-state index in [1.807, 2.05) is 24.3 Å². The van der Waals surface area contributed by atoms with Gasteiger partial charge in [0, 0.05) is 5.56 Å². The molecule has 0 spiro atoms. The van der Waals surface area contributed by atoms with E-state index in [0.29, 0.717) is 11.7 Å². The Bertz CT molecular complexity index is 901. The van der Waals surface area contributed by atoms with Gasteiger partial charge in [0.1, 0.15) is 17.2 Å². The predicted molar refractivity (Wildman–Crippen MR) is 89.3 cm³/mol. The topological polar surface area (TPSA) is 65.2 Å². The van der Waals surface area contributed by atoms with Crippen molar-refractivity contribution in [3.63, 3.8) is 0 Å². The van der Waals surface area contributed by atoms with E-state index in [4.69, 9.17) is 9.26 Å². The second-order valence-corrected chi connectivity index (χ2v) is 5.96. The number of hydrogen-bond donors (Lipinski definition) is 0. The minimum Gasteiger partial charge on any atom is -0.452 e. The molecule has 7 heteroatoms. The highest BCUT2D eigenvalue weighted by Gasteiger charge is 2.19. The van der Waals surface area contributed by atoms with Crippen LogP contribution in [0.5, 0.6) is 0 Å². The molecule has 2 aromatic carbocycles. The zero-order chi connectivity index (χ0) is 18.7. The number of aromatic nitrogens is 2. The van der Waals surface area contributed by atoms with Gasteiger partial charge in [0.05, 0.1) is 0 Å². The first-order chi connectivity index (χ1) is 12.5. The number of ether oxygens (including phenoxy) is 1. The van der Waals surface area contributed by atoms with Crippen LogP contribution in [-0.2, 0) is 11.3 Å². The van der Waals surface area contributed by atoms with Crippen LogP contribution in [-0.4, -0.2) is 16.1 Å². The van der Waals surface area contributed by atoms with E-state index in [1.165, 1.54) is 5.56 Å². The molecule has 0 unspecified atom stereocenters. The standard InChI is InChI=1S/C19H16F2N2O3/c1-11(2)12-6-8-13(9-7-12)18-22-16(26-23-18)10-25-19(24)17-14(20)4-3-5-15(17)21/h3-9,11H,10H2,1-2H3. The lowest BCUT2D eigenvalue weighted by atomic mass is 10.0. The number of nitrogens with zero attached hydrogens (tertiary/aromatic N) is 2. The molecule has 3 aromatic rings. The number of rotatable bonds is 5. The van der Waals surface area contributed by atoms with Crippen LogP contribution in [0.2, 0.25) is 0 Å². The molecular formula is C19H16F2N2O3. The average molecular weight is 358 g/mol. The summed E-state index contributed by atoms with van der Waals surface area (Å²) in [5, 5.41) is 3.82. The van der Waals surface area contributed by atoms with Gasteiger partial charge in [0.25, 0.3) is 5.89 Å². The first kappa shape index (κ1) is 17.7. The fraction of sp³-hybridized carbons (Fsp3) is 0.211. The largest absolute Gasteiger partial charge is 0.452 e. The SMILES string of the molecule is CC(C)c1ccc(-c2noc(COC(=O)c3c(F)cccc3F)n2)cc1. The molecule has 3 rings (SSSR count).